The first-order valence-electron chi connectivity index (χ1n) is 10.0. The Kier molecular flexibility index (Phi) is 5.33. The quantitative estimate of drug-likeness (QED) is 0.805. The van der Waals surface area contributed by atoms with Crippen LogP contribution in [0.4, 0.5) is 0 Å². The molecular weight excluding hydrogens is 374 g/mol. The first-order valence-corrected chi connectivity index (χ1v) is 11.7. The molecule has 2 atom stereocenters. The zero-order chi connectivity index (χ0) is 19.8. The summed E-state index contributed by atoms with van der Waals surface area (Å²) >= 11 is 0. The molecule has 0 spiro atoms. The number of benzene rings is 1. The molecule has 28 heavy (non-hydrogen) atoms. The minimum atomic E-state index is -3.42. The smallest absolute Gasteiger partial charge is 0.214 e. The second-order valence-corrected chi connectivity index (χ2v) is 10.6. The van der Waals surface area contributed by atoms with Crippen molar-refractivity contribution in [3.63, 3.8) is 0 Å². The number of aromatic nitrogens is 2. The van der Waals surface area contributed by atoms with E-state index in [0.717, 1.165) is 36.9 Å². The molecule has 2 unspecified atom stereocenters. The summed E-state index contributed by atoms with van der Waals surface area (Å²) in [5, 5.41) is 4.55. The number of nitrogens with zero attached hydrogens (tertiary/aromatic N) is 2. The van der Waals surface area contributed by atoms with Crippen molar-refractivity contribution in [1.82, 2.24) is 14.5 Å². The van der Waals surface area contributed by atoms with Crippen LogP contribution < -0.4 is 4.72 Å². The van der Waals surface area contributed by atoms with Crippen molar-refractivity contribution in [1.29, 1.82) is 0 Å². The summed E-state index contributed by atoms with van der Waals surface area (Å²) in [6.45, 7) is 5.55. The van der Waals surface area contributed by atoms with Crippen LogP contribution in [0.2, 0.25) is 0 Å². The molecule has 7 heteroatoms. The Hall–Kier alpha value is -1.70. The summed E-state index contributed by atoms with van der Waals surface area (Å²) in [5.74, 6) is 0.0282. The Labute approximate surface area is 167 Å². The zero-order valence-corrected chi connectivity index (χ0v) is 17.4. The van der Waals surface area contributed by atoms with E-state index < -0.39 is 10.0 Å². The predicted octanol–water partition coefficient (Wildman–Crippen LogP) is 3.04. The molecule has 4 rings (SSSR count). The molecule has 1 N–H and O–H groups in total. The molecule has 1 fully saturated rings. The van der Waals surface area contributed by atoms with Gasteiger partial charge in [0.25, 0.3) is 0 Å². The average molecular weight is 404 g/mol. The lowest BCUT2D eigenvalue weighted by Gasteiger charge is -2.25. The highest BCUT2D eigenvalue weighted by molar-refractivity contribution is 7.89. The fourth-order valence-electron chi connectivity index (χ4n) is 4.33. The fourth-order valence-corrected chi connectivity index (χ4v) is 5.81. The maximum atomic E-state index is 12.8. The molecule has 152 valence electrons. The highest BCUT2D eigenvalue weighted by Crippen LogP contribution is 2.33. The largest absolute Gasteiger partial charge is 0.377 e. The molecule has 0 bridgehead atoms. The zero-order valence-electron chi connectivity index (χ0n) is 16.6. The monoisotopic (exact) mass is 403 g/mol. The van der Waals surface area contributed by atoms with Gasteiger partial charge in [-0.15, -0.1) is 0 Å². The van der Waals surface area contributed by atoms with Gasteiger partial charge in [-0.3, -0.25) is 4.68 Å². The molecule has 0 amide bonds. The molecule has 1 saturated heterocycles. The van der Waals surface area contributed by atoms with Crippen LogP contribution in [0, 0.1) is 5.41 Å². The van der Waals surface area contributed by atoms with E-state index in [1.54, 1.807) is 0 Å². The van der Waals surface area contributed by atoms with Gasteiger partial charge in [-0.2, -0.15) is 5.10 Å². The first-order chi connectivity index (χ1) is 13.3. The van der Waals surface area contributed by atoms with E-state index in [2.05, 4.69) is 35.8 Å². The number of hydrogen-bond acceptors (Lipinski definition) is 4. The minimum Gasteiger partial charge on any atom is -0.377 e. The van der Waals surface area contributed by atoms with Gasteiger partial charge in [-0.1, -0.05) is 44.2 Å². The van der Waals surface area contributed by atoms with Gasteiger partial charge in [0.1, 0.15) is 0 Å². The Bertz CT molecular complexity index is 922. The summed E-state index contributed by atoms with van der Waals surface area (Å²) < 4.78 is 36.1. The molecule has 2 aliphatic rings. The van der Waals surface area contributed by atoms with Crippen LogP contribution in [-0.4, -0.2) is 36.7 Å². The van der Waals surface area contributed by atoms with E-state index in [-0.39, 0.29) is 23.3 Å². The topological polar surface area (TPSA) is 73.2 Å². The van der Waals surface area contributed by atoms with E-state index in [9.17, 15) is 8.42 Å². The van der Waals surface area contributed by atoms with Gasteiger partial charge >= 0.3 is 0 Å². The highest BCUT2D eigenvalue weighted by atomic mass is 32.2. The third-order valence-corrected chi connectivity index (χ3v) is 7.11. The summed E-state index contributed by atoms with van der Waals surface area (Å²) in [5.41, 5.74) is 3.40. The molecule has 0 saturated carbocycles. The van der Waals surface area contributed by atoms with Crippen molar-refractivity contribution in [2.75, 3.05) is 12.4 Å². The summed E-state index contributed by atoms with van der Waals surface area (Å²) in [6, 6.07) is 10.0. The SMILES string of the molecule is CC1(C)COC(CS(=O)(=O)NC2CCCc3c2cnn3Cc2ccccc2)C1. The van der Waals surface area contributed by atoms with Crippen LogP contribution in [0.3, 0.4) is 0 Å². The van der Waals surface area contributed by atoms with Crippen LogP contribution in [0.1, 0.15) is 56.0 Å². The van der Waals surface area contributed by atoms with Gasteiger partial charge in [0.15, 0.2) is 0 Å². The standard InChI is InChI=1S/C21H29N3O3S/c1-21(2)11-17(27-15-21)14-28(25,26)23-19-9-6-10-20-18(19)12-22-24(20)13-16-7-4-3-5-8-16/h3-5,7-8,12,17,19,23H,6,9-11,13-15H2,1-2H3. The fraction of sp³-hybridized carbons (Fsp3) is 0.571. The number of rotatable bonds is 6. The first kappa shape index (κ1) is 19.6. The van der Waals surface area contributed by atoms with Crippen LogP contribution in [-0.2, 0) is 27.7 Å². The lowest BCUT2D eigenvalue weighted by molar-refractivity contribution is 0.113. The minimum absolute atomic E-state index is 0.0282. The van der Waals surface area contributed by atoms with Crippen molar-refractivity contribution in [2.45, 2.75) is 58.2 Å². The van der Waals surface area contributed by atoms with Crippen LogP contribution >= 0.6 is 0 Å². The van der Waals surface area contributed by atoms with Crippen molar-refractivity contribution in [3.8, 4) is 0 Å². The second-order valence-electron chi connectivity index (χ2n) is 8.84. The normalized spacial score (nSPS) is 24.2. The molecule has 1 aliphatic carbocycles. The molecule has 2 aromatic rings. The van der Waals surface area contributed by atoms with Gasteiger partial charge < -0.3 is 4.74 Å². The van der Waals surface area contributed by atoms with Gasteiger partial charge in [0.05, 0.1) is 37.2 Å². The molecule has 0 radical (unpaired) electrons. The van der Waals surface area contributed by atoms with E-state index in [1.165, 1.54) is 5.56 Å². The van der Waals surface area contributed by atoms with E-state index in [0.29, 0.717) is 13.2 Å². The molecule has 6 nitrogen and oxygen atoms in total. The van der Waals surface area contributed by atoms with Crippen molar-refractivity contribution in [3.05, 3.63) is 53.3 Å². The Morgan fingerprint density at radius 2 is 2.07 bits per heavy atom. The molecule has 1 aromatic heterocycles. The van der Waals surface area contributed by atoms with Gasteiger partial charge in [0.2, 0.25) is 10.0 Å². The highest BCUT2D eigenvalue weighted by Gasteiger charge is 2.36. The van der Waals surface area contributed by atoms with Gasteiger partial charge in [-0.05, 0) is 36.7 Å². The maximum absolute atomic E-state index is 12.8. The summed E-state index contributed by atoms with van der Waals surface area (Å²) in [7, 11) is -3.42. The third-order valence-electron chi connectivity index (χ3n) is 5.66. The lowest BCUT2D eigenvalue weighted by atomic mass is 9.91. The van der Waals surface area contributed by atoms with Crippen molar-refractivity contribution in [2.24, 2.45) is 5.41 Å². The lowest BCUT2D eigenvalue weighted by Crippen LogP contribution is -2.36. The number of ether oxygens (including phenoxy) is 1. The van der Waals surface area contributed by atoms with E-state index in [1.807, 2.05) is 29.1 Å². The molecular formula is C21H29N3O3S. The van der Waals surface area contributed by atoms with E-state index >= 15 is 0 Å². The Morgan fingerprint density at radius 1 is 1.29 bits per heavy atom. The predicted molar refractivity (Wildman–Crippen MR) is 109 cm³/mol. The van der Waals surface area contributed by atoms with Crippen molar-refractivity contribution < 1.29 is 13.2 Å². The van der Waals surface area contributed by atoms with Crippen LogP contribution in [0.5, 0.6) is 0 Å². The second kappa shape index (κ2) is 7.61. The van der Waals surface area contributed by atoms with Gasteiger partial charge in [0, 0.05) is 11.3 Å². The molecule has 1 aliphatic heterocycles. The number of hydrogen-bond donors (Lipinski definition) is 1. The summed E-state index contributed by atoms with van der Waals surface area (Å²) in [6.07, 6.45) is 5.07. The number of nitrogens with one attached hydrogen (secondary N) is 1. The van der Waals surface area contributed by atoms with Crippen LogP contribution in [0.25, 0.3) is 0 Å². The average Bonchev–Trinajstić information content (AvgIpc) is 3.19. The Balaban J connectivity index is 1.46. The molecule has 2 heterocycles. The number of fused-ring (bicyclic) bond motifs is 1. The maximum Gasteiger partial charge on any atom is 0.214 e. The summed E-state index contributed by atoms with van der Waals surface area (Å²) in [4.78, 5) is 0. The van der Waals surface area contributed by atoms with Crippen molar-refractivity contribution >= 4 is 10.0 Å². The molecule has 1 aromatic carbocycles. The van der Waals surface area contributed by atoms with Gasteiger partial charge in [-0.25, -0.2) is 13.1 Å². The van der Waals surface area contributed by atoms with E-state index in [4.69, 9.17) is 4.74 Å². The van der Waals surface area contributed by atoms with Crippen LogP contribution in [0.15, 0.2) is 36.5 Å². The Morgan fingerprint density at radius 3 is 2.79 bits per heavy atom. The third kappa shape index (κ3) is 4.47. The number of sulfonamides is 1.